The zero-order valence-electron chi connectivity index (χ0n) is 25.9. The second kappa shape index (κ2) is 9.14. The van der Waals surface area contributed by atoms with E-state index in [1.165, 1.54) is 64.2 Å². The Morgan fingerprint density at radius 2 is 1.68 bits per heavy atom. The molecular formula is C34H55NO5. The summed E-state index contributed by atoms with van der Waals surface area (Å²) in [5.41, 5.74) is 2.13. The molecule has 3 aliphatic heterocycles. The summed E-state index contributed by atoms with van der Waals surface area (Å²) in [5.74, 6) is 2.37. The zero-order chi connectivity index (χ0) is 27.5. The van der Waals surface area contributed by atoms with E-state index in [0.29, 0.717) is 46.0 Å². The monoisotopic (exact) mass is 557 g/mol. The molecule has 0 aromatic carbocycles. The van der Waals surface area contributed by atoms with Crippen LogP contribution in [0.1, 0.15) is 91.9 Å². The van der Waals surface area contributed by atoms with Gasteiger partial charge in [0.1, 0.15) is 0 Å². The van der Waals surface area contributed by atoms with Crippen molar-refractivity contribution in [3.63, 3.8) is 0 Å². The highest BCUT2D eigenvalue weighted by molar-refractivity contribution is 5.31. The number of hydrogen-bond donors (Lipinski definition) is 0. The van der Waals surface area contributed by atoms with Crippen molar-refractivity contribution in [2.75, 3.05) is 46.6 Å². The molecule has 0 aromatic rings. The third-order valence-electron chi connectivity index (χ3n) is 15.3. The van der Waals surface area contributed by atoms with Crippen molar-refractivity contribution >= 4 is 0 Å². The maximum Gasteiger partial charge on any atom is 0.170 e. The Morgan fingerprint density at radius 1 is 0.875 bits per heavy atom. The molecule has 3 heterocycles. The second-order valence-electron chi connectivity index (χ2n) is 16.6. The molecule has 10 unspecified atom stereocenters. The molecule has 226 valence electrons. The van der Waals surface area contributed by atoms with Crippen LogP contribution in [0.4, 0.5) is 0 Å². The third kappa shape index (κ3) is 3.50. The van der Waals surface area contributed by atoms with Gasteiger partial charge in [0.25, 0.3) is 0 Å². The average Bonchev–Trinajstić information content (AvgIpc) is 3.49. The molecule has 8 rings (SSSR count). The number of methoxy groups -OCH3 is 1. The highest BCUT2D eigenvalue weighted by Crippen LogP contribution is 2.89. The van der Waals surface area contributed by atoms with Crippen LogP contribution in [0.25, 0.3) is 0 Å². The average molecular weight is 558 g/mol. The van der Waals surface area contributed by atoms with E-state index in [1.807, 2.05) is 7.11 Å². The molecule has 0 radical (unpaired) electrons. The van der Waals surface area contributed by atoms with Crippen LogP contribution in [-0.2, 0) is 23.7 Å². The molecule has 5 saturated carbocycles. The minimum Gasteiger partial charge on any atom is -0.382 e. The minimum absolute atomic E-state index is 0.0877. The molecule has 6 nitrogen and oxygen atoms in total. The van der Waals surface area contributed by atoms with Crippen molar-refractivity contribution in [2.45, 2.75) is 123 Å². The van der Waals surface area contributed by atoms with Crippen molar-refractivity contribution in [2.24, 2.45) is 44.8 Å². The summed E-state index contributed by atoms with van der Waals surface area (Å²) in [5, 5.41) is 0. The third-order valence-corrected chi connectivity index (χ3v) is 15.3. The number of morpholine rings is 1. The zero-order valence-corrected chi connectivity index (χ0v) is 25.9. The van der Waals surface area contributed by atoms with Gasteiger partial charge in [0, 0.05) is 13.7 Å². The number of ether oxygens (including phenoxy) is 5. The van der Waals surface area contributed by atoms with Crippen molar-refractivity contribution < 1.29 is 23.7 Å². The molecular weight excluding hydrogens is 502 g/mol. The molecule has 0 N–H and O–H groups in total. The second-order valence-corrected chi connectivity index (χ2v) is 16.6. The summed E-state index contributed by atoms with van der Waals surface area (Å²) in [4.78, 5) is 2.54. The Bertz CT molecular complexity index is 1000. The lowest BCUT2D eigenvalue weighted by atomic mass is 9.42. The van der Waals surface area contributed by atoms with E-state index in [2.05, 4.69) is 32.6 Å². The molecule has 6 heteroatoms. The first-order valence-electron chi connectivity index (χ1n) is 16.9. The van der Waals surface area contributed by atoms with Crippen molar-refractivity contribution in [3.8, 4) is 0 Å². The maximum absolute atomic E-state index is 6.91. The van der Waals surface area contributed by atoms with Gasteiger partial charge in [-0.15, -0.1) is 0 Å². The predicted octanol–water partition coefficient (Wildman–Crippen LogP) is 5.67. The number of hydrogen-bond acceptors (Lipinski definition) is 6. The Morgan fingerprint density at radius 3 is 2.45 bits per heavy atom. The van der Waals surface area contributed by atoms with Gasteiger partial charge in [-0.3, -0.25) is 4.90 Å². The van der Waals surface area contributed by atoms with Gasteiger partial charge < -0.3 is 23.7 Å². The summed E-state index contributed by atoms with van der Waals surface area (Å²) >= 11 is 0. The van der Waals surface area contributed by atoms with Crippen LogP contribution in [0.5, 0.6) is 0 Å². The molecule has 0 aromatic heterocycles. The minimum atomic E-state index is -0.0877. The van der Waals surface area contributed by atoms with Gasteiger partial charge in [0.05, 0.1) is 57.3 Å². The first-order valence-corrected chi connectivity index (χ1v) is 16.9. The lowest BCUT2D eigenvalue weighted by Crippen LogP contribution is -2.59. The Labute approximate surface area is 242 Å². The molecule has 8 aliphatic rings. The first-order chi connectivity index (χ1) is 19.2. The fourth-order valence-corrected chi connectivity index (χ4v) is 13.0. The predicted molar refractivity (Wildman–Crippen MR) is 153 cm³/mol. The standard InChI is InChI=1S/C34H55NO5/c1-30(2)26-8-9-27-32(4)16-25-24(7-6-23(39-25)20-36-5)31(32,3)12-13-34(27)21-33(26,34)11-10-28(30)40-29-17-35(14-15-38-29)22-18-37-19-22/h22-29H,6-21H2,1-5H3/t23?,24?,25?,26?,27?,28?,29?,31?,32-,33?,34?/m0/s1. The van der Waals surface area contributed by atoms with Gasteiger partial charge in [0.15, 0.2) is 6.29 Å². The summed E-state index contributed by atoms with van der Waals surface area (Å²) in [6, 6.07) is 0.563. The van der Waals surface area contributed by atoms with E-state index in [1.54, 1.807) is 0 Å². The van der Waals surface area contributed by atoms with Crippen LogP contribution in [-0.4, -0.2) is 82.2 Å². The van der Waals surface area contributed by atoms with E-state index in [9.17, 15) is 0 Å². The molecule has 0 amide bonds. The SMILES string of the molecule is COCC1CCC2C(C[C@@]3(C)C4CCC5C(C)(C)C(OC6CN(C7COC7)CCO6)CCC56CC46CCC23C)O1. The van der Waals surface area contributed by atoms with Crippen molar-refractivity contribution in [1.29, 1.82) is 0 Å². The molecule has 3 saturated heterocycles. The summed E-state index contributed by atoms with van der Waals surface area (Å²) < 4.78 is 30.9. The van der Waals surface area contributed by atoms with Gasteiger partial charge in [0.2, 0.25) is 0 Å². The van der Waals surface area contributed by atoms with E-state index in [0.717, 1.165) is 57.3 Å². The topological polar surface area (TPSA) is 49.4 Å². The molecule has 2 spiro atoms. The summed E-state index contributed by atoms with van der Waals surface area (Å²) in [6.07, 6.45) is 14.4. The van der Waals surface area contributed by atoms with E-state index >= 15 is 0 Å². The number of nitrogens with zero attached hydrogens (tertiary/aromatic N) is 1. The van der Waals surface area contributed by atoms with Crippen molar-refractivity contribution in [3.05, 3.63) is 0 Å². The van der Waals surface area contributed by atoms with E-state index < -0.39 is 0 Å². The van der Waals surface area contributed by atoms with E-state index in [-0.39, 0.29) is 11.7 Å². The fourth-order valence-electron chi connectivity index (χ4n) is 13.0. The maximum atomic E-state index is 6.91. The van der Waals surface area contributed by atoms with Crippen LogP contribution >= 0.6 is 0 Å². The highest BCUT2D eigenvalue weighted by Gasteiger charge is 2.83. The summed E-state index contributed by atoms with van der Waals surface area (Å²) in [7, 11) is 1.82. The van der Waals surface area contributed by atoms with Crippen LogP contribution in [0.15, 0.2) is 0 Å². The number of rotatable bonds is 5. The Hall–Kier alpha value is -0.240. The van der Waals surface area contributed by atoms with E-state index in [4.69, 9.17) is 23.7 Å². The number of fused-ring (bicyclic) bond motifs is 4. The Balaban J connectivity index is 1.00. The van der Waals surface area contributed by atoms with Gasteiger partial charge in [-0.1, -0.05) is 27.7 Å². The van der Waals surface area contributed by atoms with Gasteiger partial charge in [-0.25, -0.2) is 0 Å². The molecule has 11 atom stereocenters. The lowest BCUT2D eigenvalue weighted by Gasteiger charge is -2.63. The molecule has 8 fully saturated rings. The van der Waals surface area contributed by atoms with Gasteiger partial charge >= 0.3 is 0 Å². The quantitative estimate of drug-likeness (QED) is 0.434. The Kier molecular flexibility index (Phi) is 6.24. The van der Waals surface area contributed by atoms with Crippen molar-refractivity contribution in [1.82, 2.24) is 4.90 Å². The van der Waals surface area contributed by atoms with Crippen LogP contribution in [0, 0.1) is 44.8 Å². The summed E-state index contributed by atoms with van der Waals surface area (Å²) in [6.45, 7) is 15.7. The smallest absolute Gasteiger partial charge is 0.170 e. The normalized spacial score (nSPS) is 55.3. The van der Waals surface area contributed by atoms with Crippen LogP contribution < -0.4 is 0 Å². The lowest BCUT2D eigenvalue weighted by molar-refractivity contribution is -0.255. The van der Waals surface area contributed by atoms with Crippen LogP contribution in [0.2, 0.25) is 0 Å². The molecule has 5 aliphatic carbocycles. The van der Waals surface area contributed by atoms with Gasteiger partial charge in [-0.05, 0) is 109 Å². The first kappa shape index (κ1) is 27.3. The van der Waals surface area contributed by atoms with Gasteiger partial charge in [-0.2, -0.15) is 0 Å². The largest absolute Gasteiger partial charge is 0.382 e. The molecule has 40 heavy (non-hydrogen) atoms. The fraction of sp³-hybridized carbons (Fsp3) is 1.00. The molecule has 0 bridgehead atoms. The highest BCUT2D eigenvalue weighted by atomic mass is 16.7. The van der Waals surface area contributed by atoms with Crippen LogP contribution in [0.3, 0.4) is 0 Å².